The number of hydrogen-bond donors (Lipinski definition) is 1. The van der Waals surface area contributed by atoms with Crippen LogP contribution < -0.4 is 5.32 Å². The molecule has 1 aliphatic heterocycles. The Morgan fingerprint density at radius 1 is 1.63 bits per heavy atom. The van der Waals surface area contributed by atoms with Crippen molar-refractivity contribution in [2.24, 2.45) is 0 Å². The van der Waals surface area contributed by atoms with Gasteiger partial charge in [-0.05, 0) is 25.6 Å². The van der Waals surface area contributed by atoms with Gasteiger partial charge in [0, 0.05) is 31.5 Å². The number of urea groups is 1. The Morgan fingerprint density at radius 3 is 3.00 bits per heavy atom. The van der Waals surface area contributed by atoms with Crippen molar-refractivity contribution < 1.29 is 9.59 Å². The van der Waals surface area contributed by atoms with Crippen molar-refractivity contribution in [1.29, 1.82) is 0 Å². The fourth-order valence-electron chi connectivity index (χ4n) is 2.02. The average Bonchev–Trinajstić information content (AvgIpc) is 2.85. The van der Waals surface area contributed by atoms with E-state index < -0.39 is 0 Å². The summed E-state index contributed by atoms with van der Waals surface area (Å²) in [6, 6.07) is 3.62. The second kappa shape index (κ2) is 5.79. The van der Waals surface area contributed by atoms with E-state index in [1.807, 2.05) is 31.0 Å². The molecule has 1 aliphatic rings. The van der Waals surface area contributed by atoms with Gasteiger partial charge in [0.2, 0.25) is 5.91 Å². The van der Waals surface area contributed by atoms with Gasteiger partial charge in [0.15, 0.2) is 0 Å². The number of carbonyl (C=O) groups is 2. The number of rotatable bonds is 4. The van der Waals surface area contributed by atoms with Crippen LogP contribution in [0.5, 0.6) is 0 Å². The molecule has 1 N–H and O–H groups in total. The average molecular weight is 262 g/mol. The highest BCUT2D eigenvalue weighted by Gasteiger charge is 2.27. The van der Waals surface area contributed by atoms with Gasteiger partial charge in [0.05, 0.1) is 6.54 Å². The first-order valence-corrected chi connectivity index (χ1v) is 6.28. The maximum Gasteiger partial charge on any atom is 0.324 e. The maximum absolute atomic E-state index is 12.0. The standard InChI is InChI=1S/C13H18N4O2/c1-10(11-4-3-5-14-8-11)16(2)9-12(18)17-7-6-15-13(17)19/h3-5,8,10H,6-7,9H2,1-2H3,(H,15,19)/t10-/m0/s1. The molecule has 2 rings (SSSR count). The quantitative estimate of drug-likeness (QED) is 0.864. The van der Waals surface area contributed by atoms with E-state index >= 15 is 0 Å². The summed E-state index contributed by atoms with van der Waals surface area (Å²) in [5, 5.41) is 2.62. The Kier molecular flexibility index (Phi) is 4.11. The number of carbonyl (C=O) groups excluding carboxylic acids is 2. The molecule has 6 nitrogen and oxygen atoms in total. The molecule has 0 spiro atoms. The number of imide groups is 1. The van der Waals surface area contributed by atoms with Gasteiger partial charge in [-0.3, -0.25) is 19.6 Å². The van der Waals surface area contributed by atoms with Gasteiger partial charge in [-0.2, -0.15) is 0 Å². The van der Waals surface area contributed by atoms with Gasteiger partial charge in [0.1, 0.15) is 0 Å². The lowest BCUT2D eigenvalue weighted by molar-refractivity contribution is -0.128. The molecule has 0 unspecified atom stereocenters. The summed E-state index contributed by atoms with van der Waals surface area (Å²) < 4.78 is 0. The van der Waals surface area contributed by atoms with Crippen LogP contribution in [0.25, 0.3) is 0 Å². The molecule has 3 amide bonds. The number of hydrogen-bond acceptors (Lipinski definition) is 4. The van der Waals surface area contributed by atoms with Crippen LogP contribution in [0.2, 0.25) is 0 Å². The molecule has 0 radical (unpaired) electrons. The van der Waals surface area contributed by atoms with Crippen molar-refractivity contribution in [2.45, 2.75) is 13.0 Å². The Morgan fingerprint density at radius 2 is 2.42 bits per heavy atom. The van der Waals surface area contributed by atoms with Crippen LogP contribution in [0.3, 0.4) is 0 Å². The highest BCUT2D eigenvalue weighted by Crippen LogP contribution is 2.17. The summed E-state index contributed by atoms with van der Waals surface area (Å²) in [4.78, 5) is 30.6. The maximum atomic E-state index is 12.0. The van der Waals surface area contributed by atoms with Gasteiger partial charge in [-0.25, -0.2) is 4.79 Å². The molecular formula is C13H18N4O2. The number of pyridine rings is 1. The third-order valence-electron chi connectivity index (χ3n) is 3.37. The van der Waals surface area contributed by atoms with Crippen molar-refractivity contribution in [3.8, 4) is 0 Å². The van der Waals surface area contributed by atoms with Crippen molar-refractivity contribution in [2.75, 3.05) is 26.7 Å². The summed E-state index contributed by atoms with van der Waals surface area (Å²) in [5.74, 6) is -0.173. The summed E-state index contributed by atoms with van der Waals surface area (Å²) in [6.07, 6.45) is 3.50. The van der Waals surface area contributed by atoms with Crippen LogP contribution >= 0.6 is 0 Å². The normalized spacial score (nSPS) is 16.6. The third-order valence-corrected chi connectivity index (χ3v) is 3.37. The lowest BCUT2D eigenvalue weighted by Crippen LogP contribution is -2.41. The van der Waals surface area contributed by atoms with E-state index in [1.54, 1.807) is 12.4 Å². The van der Waals surface area contributed by atoms with Gasteiger partial charge < -0.3 is 5.32 Å². The molecule has 0 bridgehead atoms. The molecule has 1 fully saturated rings. The molecule has 1 saturated heterocycles. The fraction of sp³-hybridized carbons (Fsp3) is 0.462. The Labute approximate surface area is 112 Å². The van der Waals surface area contributed by atoms with E-state index in [2.05, 4.69) is 10.3 Å². The monoisotopic (exact) mass is 262 g/mol. The largest absolute Gasteiger partial charge is 0.336 e. The molecule has 19 heavy (non-hydrogen) atoms. The van der Waals surface area contributed by atoms with Crippen LogP contribution in [0.15, 0.2) is 24.5 Å². The predicted octanol–water partition coefficient (Wildman–Crippen LogP) is 0.626. The molecule has 1 aromatic heterocycles. The molecule has 2 heterocycles. The first-order valence-electron chi connectivity index (χ1n) is 6.28. The predicted molar refractivity (Wildman–Crippen MR) is 70.4 cm³/mol. The number of nitrogens with zero attached hydrogens (tertiary/aromatic N) is 3. The lowest BCUT2D eigenvalue weighted by atomic mass is 10.1. The van der Waals surface area contributed by atoms with Crippen LogP contribution in [-0.2, 0) is 4.79 Å². The summed E-state index contributed by atoms with van der Waals surface area (Å²) in [5.41, 5.74) is 1.05. The summed E-state index contributed by atoms with van der Waals surface area (Å²) >= 11 is 0. The fourth-order valence-corrected chi connectivity index (χ4v) is 2.02. The molecule has 102 valence electrons. The van der Waals surface area contributed by atoms with Crippen LogP contribution in [0, 0.1) is 0 Å². The highest BCUT2D eigenvalue weighted by molar-refractivity contribution is 5.96. The van der Waals surface area contributed by atoms with Crippen molar-refractivity contribution in [3.63, 3.8) is 0 Å². The first-order chi connectivity index (χ1) is 9.09. The van der Waals surface area contributed by atoms with E-state index in [0.29, 0.717) is 13.1 Å². The van der Waals surface area contributed by atoms with E-state index in [4.69, 9.17) is 0 Å². The minimum absolute atomic E-state index is 0.0725. The number of aromatic nitrogens is 1. The Hall–Kier alpha value is -1.95. The number of amides is 3. The second-order valence-electron chi connectivity index (χ2n) is 4.65. The zero-order valence-corrected chi connectivity index (χ0v) is 11.2. The zero-order valence-electron chi connectivity index (χ0n) is 11.2. The highest BCUT2D eigenvalue weighted by atomic mass is 16.2. The molecular weight excluding hydrogens is 244 g/mol. The summed E-state index contributed by atoms with van der Waals surface area (Å²) in [6.45, 7) is 3.21. The van der Waals surface area contributed by atoms with Gasteiger partial charge in [-0.15, -0.1) is 0 Å². The third kappa shape index (κ3) is 3.08. The Bertz CT molecular complexity index is 463. The van der Waals surface area contributed by atoms with Gasteiger partial charge in [0.25, 0.3) is 0 Å². The van der Waals surface area contributed by atoms with E-state index in [9.17, 15) is 9.59 Å². The van der Waals surface area contributed by atoms with Crippen LogP contribution in [0.1, 0.15) is 18.5 Å². The van der Waals surface area contributed by atoms with Gasteiger partial charge in [-0.1, -0.05) is 6.07 Å². The van der Waals surface area contributed by atoms with Crippen LogP contribution in [0.4, 0.5) is 4.79 Å². The molecule has 0 saturated carbocycles. The smallest absolute Gasteiger partial charge is 0.324 e. The van der Waals surface area contributed by atoms with E-state index in [0.717, 1.165) is 5.56 Å². The molecule has 1 atom stereocenters. The SMILES string of the molecule is C[C@@H](c1cccnc1)N(C)CC(=O)N1CCNC1=O. The minimum Gasteiger partial charge on any atom is -0.336 e. The second-order valence-corrected chi connectivity index (χ2v) is 4.65. The zero-order chi connectivity index (χ0) is 13.8. The van der Waals surface area contributed by atoms with Crippen molar-refractivity contribution in [3.05, 3.63) is 30.1 Å². The minimum atomic E-state index is -0.299. The summed E-state index contributed by atoms with van der Waals surface area (Å²) in [7, 11) is 1.86. The molecule has 6 heteroatoms. The molecule has 1 aromatic rings. The van der Waals surface area contributed by atoms with E-state index in [-0.39, 0.29) is 24.5 Å². The van der Waals surface area contributed by atoms with E-state index in [1.165, 1.54) is 4.90 Å². The first kappa shape index (κ1) is 13.5. The molecule has 0 aromatic carbocycles. The Balaban J connectivity index is 1.95. The number of nitrogens with one attached hydrogen (secondary N) is 1. The van der Waals surface area contributed by atoms with Crippen molar-refractivity contribution >= 4 is 11.9 Å². The topological polar surface area (TPSA) is 65.5 Å². The van der Waals surface area contributed by atoms with Crippen molar-refractivity contribution in [1.82, 2.24) is 20.1 Å². The van der Waals surface area contributed by atoms with Gasteiger partial charge >= 0.3 is 6.03 Å². The van der Waals surface area contributed by atoms with Crippen LogP contribution in [-0.4, -0.2) is 53.4 Å². The lowest BCUT2D eigenvalue weighted by Gasteiger charge is -2.25. The molecule has 0 aliphatic carbocycles. The number of likely N-dealkylation sites (N-methyl/N-ethyl adjacent to an activating group) is 1.